The molecule has 1 fully saturated rings. The zero-order valence-electron chi connectivity index (χ0n) is 15.3. The van der Waals surface area contributed by atoms with Crippen LogP contribution in [0.5, 0.6) is 5.75 Å². The van der Waals surface area contributed by atoms with Crippen LogP contribution >= 0.6 is 0 Å². The Hall–Kier alpha value is -2.36. The molecule has 3 nitrogen and oxygen atoms in total. The van der Waals surface area contributed by atoms with Gasteiger partial charge in [0, 0.05) is 13.0 Å². The highest BCUT2D eigenvalue weighted by Crippen LogP contribution is 2.31. The Morgan fingerprint density at radius 3 is 2.62 bits per heavy atom. The Labute approximate surface area is 154 Å². The number of nitrogens with zero attached hydrogens (tertiary/aromatic N) is 1. The molecule has 0 aliphatic carbocycles. The van der Waals surface area contributed by atoms with Gasteiger partial charge in [-0.2, -0.15) is 0 Å². The van der Waals surface area contributed by atoms with Gasteiger partial charge in [0.15, 0.2) is 0 Å². The summed E-state index contributed by atoms with van der Waals surface area (Å²) < 4.78 is 19.1. The third-order valence-corrected chi connectivity index (χ3v) is 5.14. The largest absolute Gasteiger partial charge is 0.497 e. The van der Waals surface area contributed by atoms with E-state index < -0.39 is 0 Å². The number of ether oxygens (including phenoxy) is 1. The molecule has 1 atom stereocenters. The van der Waals surface area contributed by atoms with Gasteiger partial charge in [0.05, 0.1) is 13.2 Å². The monoisotopic (exact) mass is 355 g/mol. The van der Waals surface area contributed by atoms with E-state index in [1.165, 1.54) is 6.07 Å². The van der Waals surface area contributed by atoms with Gasteiger partial charge in [-0.05, 0) is 48.6 Å². The molecule has 0 spiro atoms. The number of benzene rings is 2. The maximum atomic E-state index is 13.8. The highest BCUT2D eigenvalue weighted by molar-refractivity contribution is 5.77. The lowest BCUT2D eigenvalue weighted by Crippen LogP contribution is -2.35. The van der Waals surface area contributed by atoms with E-state index in [9.17, 15) is 9.18 Å². The molecule has 1 amide bonds. The summed E-state index contributed by atoms with van der Waals surface area (Å²) in [5.41, 5.74) is 1.75. The van der Waals surface area contributed by atoms with Crippen LogP contribution in [0.25, 0.3) is 0 Å². The van der Waals surface area contributed by atoms with E-state index >= 15 is 0 Å². The first-order valence-corrected chi connectivity index (χ1v) is 9.36. The topological polar surface area (TPSA) is 29.5 Å². The number of likely N-dealkylation sites (tertiary alicyclic amines) is 1. The molecular weight excluding hydrogens is 329 g/mol. The third kappa shape index (κ3) is 4.43. The van der Waals surface area contributed by atoms with Gasteiger partial charge in [-0.1, -0.05) is 43.2 Å². The van der Waals surface area contributed by atoms with Gasteiger partial charge in [-0.3, -0.25) is 4.79 Å². The number of amides is 1. The Bertz CT molecular complexity index is 729. The molecule has 138 valence electrons. The summed E-state index contributed by atoms with van der Waals surface area (Å²) >= 11 is 0. The van der Waals surface area contributed by atoms with Crippen molar-refractivity contribution in [2.75, 3.05) is 13.7 Å². The first kappa shape index (κ1) is 18.4. The summed E-state index contributed by atoms with van der Waals surface area (Å²) in [6, 6.07) is 14.8. The fourth-order valence-corrected chi connectivity index (χ4v) is 3.67. The number of halogens is 1. The van der Waals surface area contributed by atoms with Gasteiger partial charge in [0.1, 0.15) is 11.6 Å². The first-order valence-electron chi connectivity index (χ1n) is 9.36. The second-order valence-corrected chi connectivity index (χ2v) is 6.82. The van der Waals surface area contributed by atoms with Gasteiger partial charge in [0.25, 0.3) is 0 Å². The second-order valence-electron chi connectivity index (χ2n) is 6.82. The lowest BCUT2D eigenvalue weighted by atomic mass is 10.00. The summed E-state index contributed by atoms with van der Waals surface area (Å²) in [4.78, 5) is 14.9. The Morgan fingerprint density at radius 2 is 1.88 bits per heavy atom. The SMILES string of the molecule is COc1ccc(C2CCCCCN2C(=O)CCc2ccccc2F)cc1. The zero-order valence-corrected chi connectivity index (χ0v) is 15.3. The minimum Gasteiger partial charge on any atom is -0.497 e. The van der Waals surface area contributed by atoms with Gasteiger partial charge in [-0.25, -0.2) is 4.39 Å². The Morgan fingerprint density at radius 1 is 1.12 bits per heavy atom. The molecule has 1 unspecified atom stereocenters. The lowest BCUT2D eigenvalue weighted by Gasteiger charge is -2.31. The van der Waals surface area contributed by atoms with Gasteiger partial charge < -0.3 is 9.64 Å². The molecule has 0 N–H and O–H groups in total. The number of aryl methyl sites for hydroxylation is 1. The van der Waals surface area contributed by atoms with Crippen LogP contribution in [0.15, 0.2) is 48.5 Å². The number of carbonyl (C=O) groups is 1. The van der Waals surface area contributed by atoms with E-state index in [1.807, 2.05) is 35.2 Å². The van der Waals surface area contributed by atoms with Crippen molar-refractivity contribution in [3.05, 3.63) is 65.5 Å². The summed E-state index contributed by atoms with van der Waals surface area (Å²) in [7, 11) is 1.65. The van der Waals surface area contributed by atoms with Crippen LogP contribution in [0.2, 0.25) is 0 Å². The van der Waals surface area contributed by atoms with Crippen LogP contribution in [-0.4, -0.2) is 24.5 Å². The highest BCUT2D eigenvalue weighted by atomic mass is 19.1. The van der Waals surface area contributed by atoms with E-state index in [4.69, 9.17) is 4.74 Å². The lowest BCUT2D eigenvalue weighted by molar-refractivity contribution is -0.133. The molecule has 26 heavy (non-hydrogen) atoms. The van der Waals surface area contributed by atoms with E-state index in [1.54, 1.807) is 19.2 Å². The van der Waals surface area contributed by atoms with E-state index in [2.05, 4.69) is 0 Å². The molecular formula is C22H26FNO2. The number of methoxy groups -OCH3 is 1. The summed E-state index contributed by atoms with van der Waals surface area (Å²) in [5.74, 6) is 0.693. The van der Waals surface area contributed by atoms with Crippen molar-refractivity contribution >= 4 is 5.91 Å². The summed E-state index contributed by atoms with van der Waals surface area (Å²) in [6.07, 6.45) is 5.04. The number of carbonyl (C=O) groups excluding carboxylic acids is 1. The molecule has 1 aliphatic heterocycles. The average molecular weight is 355 g/mol. The first-order chi connectivity index (χ1) is 12.7. The van der Waals surface area contributed by atoms with Crippen LogP contribution in [0, 0.1) is 5.82 Å². The molecule has 0 saturated carbocycles. The molecule has 0 radical (unpaired) electrons. The standard InChI is InChI=1S/C22H26FNO2/c1-26-19-13-10-18(11-14-19)21-9-3-2-6-16-24(21)22(25)15-12-17-7-4-5-8-20(17)23/h4-5,7-8,10-11,13-14,21H,2-3,6,9,12,15-16H2,1H3. The number of hydrogen-bond acceptors (Lipinski definition) is 2. The van der Waals surface area contributed by atoms with Crippen molar-refractivity contribution in [3.63, 3.8) is 0 Å². The quantitative estimate of drug-likeness (QED) is 0.762. The van der Waals surface area contributed by atoms with Crippen molar-refractivity contribution < 1.29 is 13.9 Å². The van der Waals surface area contributed by atoms with Crippen molar-refractivity contribution in [2.45, 2.75) is 44.6 Å². The second kappa shape index (κ2) is 8.84. The van der Waals surface area contributed by atoms with Crippen LogP contribution in [0.1, 0.15) is 49.3 Å². The van der Waals surface area contributed by atoms with Gasteiger partial charge >= 0.3 is 0 Å². The van der Waals surface area contributed by atoms with Gasteiger partial charge in [0.2, 0.25) is 5.91 Å². The average Bonchev–Trinajstić information content (AvgIpc) is 2.93. The minimum absolute atomic E-state index is 0.0940. The Kier molecular flexibility index (Phi) is 6.26. The minimum atomic E-state index is -0.233. The highest BCUT2D eigenvalue weighted by Gasteiger charge is 2.26. The fourth-order valence-electron chi connectivity index (χ4n) is 3.67. The molecule has 0 bridgehead atoms. The van der Waals surface area contributed by atoms with Crippen molar-refractivity contribution in [1.82, 2.24) is 4.90 Å². The van der Waals surface area contributed by atoms with Crippen molar-refractivity contribution in [1.29, 1.82) is 0 Å². The third-order valence-electron chi connectivity index (χ3n) is 5.14. The summed E-state index contributed by atoms with van der Waals surface area (Å²) in [5, 5.41) is 0. The van der Waals surface area contributed by atoms with Crippen LogP contribution in [-0.2, 0) is 11.2 Å². The molecule has 3 rings (SSSR count). The summed E-state index contributed by atoms with van der Waals surface area (Å²) in [6.45, 7) is 0.771. The van der Waals surface area contributed by atoms with Crippen LogP contribution in [0.4, 0.5) is 4.39 Å². The van der Waals surface area contributed by atoms with E-state index in [0.717, 1.165) is 43.5 Å². The predicted molar refractivity (Wildman–Crippen MR) is 101 cm³/mol. The predicted octanol–water partition coefficient (Wildman–Crippen LogP) is 4.91. The van der Waals surface area contributed by atoms with E-state index in [-0.39, 0.29) is 17.8 Å². The number of hydrogen-bond donors (Lipinski definition) is 0. The van der Waals surface area contributed by atoms with Crippen molar-refractivity contribution in [2.24, 2.45) is 0 Å². The maximum absolute atomic E-state index is 13.8. The van der Waals surface area contributed by atoms with Gasteiger partial charge in [-0.15, -0.1) is 0 Å². The molecule has 4 heteroatoms. The smallest absolute Gasteiger partial charge is 0.223 e. The molecule has 2 aromatic carbocycles. The zero-order chi connectivity index (χ0) is 18.4. The van der Waals surface area contributed by atoms with Crippen LogP contribution < -0.4 is 4.74 Å². The Balaban J connectivity index is 1.73. The molecule has 1 heterocycles. The maximum Gasteiger partial charge on any atom is 0.223 e. The normalized spacial score (nSPS) is 17.6. The fraction of sp³-hybridized carbons (Fsp3) is 0.409. The number of rotatable bonds is 5. The molecule has 1 aliphatic rings. The van der Waals surface area contributed by atoms with E-state index in [0.29, 0.717) is 18.4 Å². The molecule has 2 aromatic rings. The van der Waals surface area contributed by atoms with Crippen LogP contribution in [0.3, 0.4) is 0 Å². The molecule has 0 aromatic heterocycles. The molecule has 1 saturated heterocycles. The van der Waals surface area contributed by atoms with Crippen molar-refractivity contribution in [3.8, 4) is 5.75 Å².